The fourth-order valence-electron chi connectivity index (χ4n) is 1.55. The standard InChI is InChI=1S/C15H13NO6/c1-20-15(19)22-13-7-11(16-8-12(13)17)14(18)21-9-10-5-3-2-4-6-10/h2-8,17H,9H2,1H3. The number of carbonyl (C=O) groups excluding carboxylic acids is 2. The number of esters is 1. The van der Waals surface area contributed by atoms with Crippen molar-refractivity contribution in [2.45, 2.75) is 6.61 Å². The molecule has 0 aliphatic rings. The van der Waals surface area contributed by atoms with Crippen LogP contribution < -0.4 is 4.74 Å². The first-order valence-corrected chi connectivity index (χ1v) is 6.26. The van der Waals surface area contributed by atoms with Crippen LogP contribution in [-0.4, -0.2) is 29.3 Å². The fraction of sp³-hybridized carbons (Fsp3) is 0.133. The van der Waals surface area contributed by atoms with Crippen LogP contribution >= 0.6 is 0 Å². The van der Waals surface area contributed by atoms with Crippen molar-refractivity contribution < 1.29 is 28.9 Å². The van der Waals surface area contributed by atoms with Crippen LogP contribution in [0.25, 0.3) is 0 Å². The largest absolute Gasteiger partial charge is 0.513 e. The number of aromatic hydroxyl groups is 1. The highest BCUT2D eigenvalue weighted by molar-refractivity contribution is 5.88. The van der Waals surface area contributed by atoms with Crippen LogP contribution in [0.15, 0.2) is 42.6 Å². The Kier molecular flexibility index (Phi) is 4.92. The van der Waals surface area contributed by atoms with Crippen molar-refractivity contribution in [1.29, 1.82) is 0 Å². The molecule has 1 aromatic carbocycles. The average Bonchev–Trinajstić information content (AvgIpc) is 2.55. The third-order valence-corrected chi connectivity index (χ3v) is 2.63. The quantitative estimate of drug-likeness (QED) is 0.866. The van der Waals surface area contributed by atoms with Gasteiger partial charge in [0.15, 0.2) is 17.2 Å². The molecule has 0 fully saturated rings. The summed E-state index contributed by atoms with van der Waals surface area (Å²) in [6.45, 7) is 0.0788. The lowest BCUT2D eigenvalue weighted by Crippen LogP contribution is -2.10. The summed E-state index contributed by atoms with van der Waals surface area (Å²) in [6, 6.07) is 10.2. The average molecular weight is 303 g/mol. The predicted octanol–water partition coefficient (Wildman–Crippen LogP) is 2.29. The summed E-state index contributed by atoms with van der Waals surface area (Å²) in [7, 11) is 1.12. The molecule has 114 valence electrons. The van der Waals surface area contributed by atoms with Gasteiger partial charge in [-0.15, -0.1) is 0 Å². The Hall–Kier alpha value is -3.09. The molecule has 0 atom stereocenters. The number of ether oxygens (including phenoxy) is 3. The number of aromatic nitrogens is 1. The Labute approximate surface area is 126 Å². The highest BCUT2D eigenvalue weighted by Gasteiger charge is 2.16. The summed E-state index contributed by atoms with van der Waals surface area (Å²) in [5.41, 5.74) is 0.716. The number of carbonyl (C=O) groups is 2. The van der Waals surface area contributed by atoms with Crippen molar-refractivity contribution in [2.75, 3.05) is 7.11 Å². The molecule has 1 N–H and O–H groups in total. The molecule has 1 aromatic heterocycles. The summed E-state index contributed by atoms with van der Waals surface area (Å²) in [5, 5.41) is 9.52. The van der Waals surface area contributed by atoms with Gasteiger partial charge in [-0.3, -0.25) is 0 Å². The lowest BCUT2D eigenvalue weighted by atomic mass is 10.2. The zero-order valence-corrected chi connectivity index (χ0v) is 11.7. The molecule has 0 radical (unpaired) electrons. The predicted molar refractivity (Wildman–Crippen MR) is 74.5 cm³/mol. The van der Waals surface area contributed by atoms with Gasteiger partial charge in [-0.05, 0) is 5.56 Å². The molecule has 0 amide bonds. The molecule has 7 nitrogen and oxygen atoms in total. The van der Waals surface area contributed by atoms with E-state index >= 15 is 0 Å². The second-order valence-corrected chi connectivity index (χ2v) is 4.16. The smallest absolute Gasteiger partial charge is 0.503 e. The summed E-state index contributed by atoms with van der Waals surface area (Å²) >= 11 is 0. The van der Waals surface area contributed by atoms with Crippen LogP contribution in [0, 0.1) is 0 Å². The number of benzene rings is 1. The van der Waals surface area contributed by atoms with Gasteiger partial charge in [-0.25, -0.2) is 14.6 Å². The topological polar surface area (TPSA) is 95.0 Å². The number of hydrogen-bond acceptors (Lipinski definition) is 7. The minimum atomic E-state index is -1.02. The Morgan fingerprint density at radius 2 is 1.95 bits per heavy atom. The van der Waals surface area contributed by atoms with Crippen LogP contribution in [0.2, 0.25) is 0 Å². The summed E-state index contributed by atoms with van der Waals surface area (Å²) in [5.74, 6) is -1.35. The second kappa shape index (κ2) is 7.07. The molecule has 0 spiro atoms. The molecule has 0 aliphatic carbocycles. The number of nitrogens with zero attached hydrogens (tertiary/aromatic N) is 1. The zero-order valence-electron chi connectivity index (χ0n) is 11.7. The van der Waals surface area contributed by atoms with Crippen molar-refractivity contribution in [3.05, 3.63) is 53.9 Å². The van der Waals surface area contributed by atoms with Crippen LogP contribution in [0.1, 0.15) is 16.1 Å². The zero-order chi connectivity index (χ0) is 15.9. The van der Waals surface area contributed by atoms with Crippen molar-refractivity contribution >= 4 is 12.1 Å². The van der Waals surface area contributed by atoms with Gasteiger partial charge in [0.1, 0.15) is 6.61 Å². The molecule has 0 saturated carbocycles. The second-order valence-electron chi connectivity index (χ2n) is 4.16. The molecule has 0 unspecified atom stereocenters. The van der Waals surface area contributed by atoms with Crippen molar-refractivity contribution in [1.82, 2.24) is 4.98 Å². The number of rotatable bonds is 4. The number of methoxy groups -OCH3 is 1. The molecular formula is C15H13NO6. The van der Waals surface area contributed by atoms with E-state index in [1.54, 1.807) is 0 Å². The van der Waals surface area contributed by atoms with Crippen LogP contribution in [0.5, 0.6) is 11.5 Å². The molecule has 7 heteroatoms. The lowest BCUT2D eigenvalue weighted by Gasteiger charge is -2.07. The van der Waals surface area contributed by atoms with Crippen molar-refractivity contribution in [3.63, 3.8) is 0 Å². The van der Waals surface area contributed by atoms with Gasteiger partial charge in [0.25, 0.3) is 0 Å². The van der Waals surface area contributed by atoms with E-state index < -0.39 is 17.9 Å². The lowest BCUT2D eigenvalue weighted by molar-refractivity contribution is 0.0464. The molecule has 1 heterocycles. The maximum absolute atomic E-state index is 11.9. The molecule has 22 heavy (non-hydrogen) atoms. The maximum Gasteiger partial charge on any atom is 0.513 e. The van der Waals surface area contributed by atoms with E-state index in [9.17, 15) is 14.7 Å². The Bertz CT molecular complexity index is 671. The van der Waals surface area contributed by atoms with Gasteiger partial charge in [0, 0.05) is 6.07 Å². The molecule has 0 saturated heterocycles. The van der Waals surface area contributed by atoms with Gasteiger partial charge in [0.05, 0.1) is 13.3 Å². The fourth-order valence-corrected chi connectivity index (χ4v) is 1.55. The first-order valence-electron chi connectivity index (χ1n) is 6.26. The third kappa shape index (κ3) is 3.95. The number of hydrogen-bond donors (Lipinski definition) is 1. The highest BCUT2D eigenvalue weighted by atomic mass is 16.7. The van der Waals surface area contributed by atoms with Crippen LogP contribution in [-0.2, 0) is 16.1 Å². The van der Waals surface area contributed by atoms with E-state index in [1.165, 1.54) is 0 Å². The monoisotopic (exact) mass is 303 g/mol. The molecule has 0 bridgehead atoms. The molecule has 2 aromatic rings. The van der Waals surface area contributed by atoms with Gasteiger partial charge >= 0.3 is 12.1 Å². The van der Waals surface area contributed by atoms with E-state index in [0.717, 1.165) is 24.9 Å². The van der Waals surface area contributed by atoms with E-state index in [1.807, 2.05) is 30.3 Å². The SMILES string of the molecule is COC(=O)Oc1cc(C(=O)OCc2ccccc2)ncc1O. The minimum Gasteiger partial charge on any atom is -0.503 e. The third-order valence-electron chi connectivity index (χ3n) is 2.63. The normalized spacial score (nSPS) is 9.86. The van der Waals surface area contributed by atoms with E-state index in [0.29, 0.717) is 0 Å². The maximum atomic E-state index is 11.9. The summed E-state index contributed by atoms with van der Waals surface area (Å²) in [4.78, 5) is 26.7. The van der Waals surface area contributed by atoms with Gasteiger partial charge in [0.2, 0.25) is 0 Å². The minimum absolute atomic E-state index is 0.0788. The van der Waals surface area contributed by atoms with Gasteiger partial charge in [-0.1, -0.05) is 30.3 Å². The Balaban J connectivity index is 2.06. The van der Waals surface area contributed by atoms with Crippen molar-refractivity contribution in [2.24, 2.45) is 0 Å². The molecule has 2 rings (SSSR count). The van der Waals surface area contributed by atoms with E-state index in [4.69, 9.17) is 4.74 Å². The summed E-state index contributed by atoms with van der Waals surface area (Å²) in [6.07, 6.45) is -0.0395. The Morgan fingerprint density at radius 3 is 2.64 bits per heavy atom. The van der Waals surface area contributed by atoms with Gasteiger partial charge < -0.3 is 19.3 Å². The Morgan fingerprint density at radius 1 is 1.23 bits per heavy atom. The van der Waals surface area contributed by atoms with Crippen LogP contribution in [0.4, 0.5) is 4.79 Å². The van der Waals surface area contributed by atoms with E-state index in [-0.39, 0.29) is 18.1 Å². The number of pyridine rings is 1. The van der Waals surface area contributed by atoms with E-state index in [2.05, 4.69) is 14.5 Å². The summed E-state index contributed by atoms with van der Waals surface area (Å²) < 4.78 is 14.1. The highest BCUT2D eigenvalue weighted by Crippen LogP contribution is 2.25. The van der Waals surface area contributed by atoms with Crippen LogP contribution in [0.3, 0.4) is 0 Å². The van der Waals surface area contributed by atoms with Crippen molar-refractivity contribution in [3.8, 4) is 11.5 Å². The first-order chi connectivity index (χ1) is 10.6. The first kappa shape index (κ1) is 15.3. The van der Waals surface area contributed by atoms with Gasteiger partial charge in [-0.2, -0.15) is 0 Å². The molecular weight excluding hydrogens is 290 g/mol. The molecule has 0 aliphatic heterocycles.